The number of benzene rings is 1. The molecule has 1 atom stereocenters. The number of unbranched alkanes of at least 4 members (excludes halogenated alkanes) is 1. The zero-order chi connectivity index (χ0) is 23.5. The SMILES string of the molecule is C=C(C)C(=O)OCC(CO)CCCC/C(C)=C/C=c1/cc(-c2ccccc2CC)oc1=C. The van der Waals surface area contributed by atoms with E-state index in [9.17, 15) is 9.90 Å². The Morgan fingerprint density at radius 1 is 1.25 bits per heavy atom. The van der Waals surface area contributed by atoms with Gasteiger partial charge in [0.25, 0.3) is 0 Å². The molecule has 32 heavy (non-hydrogen) atoms. The van der Waals surface area contributed by atoms with Crippen molar-refractivity contribution in [3.8, 4) is 11.3 Å². The van der Waals surface area contributed by atoms with Crippen molar-refractivity contribution in [1.82, 2.24) is 0 Å². The molecule has 2 rings (SSSR count). The lowest BCUT2D eigenvalue weighted by Crippen LogP contribution is -2.17. The molecule has 172 valence electrons. The van der Waals surface area contributed by atoms with E-state index in [1.165, 1.54) is 11.1 Å². The fourth-order valence-corrected chi connectivity index (χ4v) is 3.48. The molecule has 2 aromatic rings. The van der Waals surface area contributed by atoms with Crippen LogP contribution in [0, 0.1) is 5.92 Å². The van der Waals surface area contributed by atoms with Gasteiger partial charge in [-0.3, -0.25) is 0 Å². The summed E-state index contributed by atoms with van der Waals surface area (Å²) in [5, 5.41) is 10.5. The molecular formula is C28H36O4. The van der Waals surface area contributed by atoms with Crippen molar-refractivity contribution in [3.63, 3.8) is 0 Å². The fourth-order valence-electron chi connectivity index (χ4n) is 3.48. The van der Waals surface area contributed by atoms with Crippen LogP contribution in [0.5, 0.6) is 0 Å². The van der Waals surface area contributed by atoms with E-state index >= 15 is 0 Å². The van der Waals surface area contributed by atoms with Gasteiger partial charge in [0.15, 0.2) is 0 Å². The highest BCUT2D eigenvalue weighted by molar-refractivity contribution is 5.86. The minimum atomic E-state index is -0.400. The van der Waals surface area contributed by atoms with Gasteiger partial charge in [0, 0.05) is 28.9 Å². The molecule has 0 fully saturated rings. The van der Waals surface area contributed by atoms with Crippen LogP contribution in [-0.4, -0.2) is 24.3 Å². The first-order chi connectivity index (χ1) is 15.3. The number of aryl methyl sites for hydroxylation is 1. The number of aliphatic hydroxyl groups is 1. The molecule has 0 aliphatic rings. The van der Waals surface area contributed by atoms with Gasteiger partial charge in [-0.25, -0.2) is 4.79 Å². The third-order valence-corrected chi connectivity index (χ3v) is 5.54. The maximum Gasteiger partial charge on any atom is 0.333 e. The Kier molecular flexibility index (Phi) is 10.2. The molecule has 0 saturated carbocycles. The molecule has 1 heterocycles. The highest BCUT2D eigenvalue weighted by Crippen LogP contribution is 2.22. The summed E-state index contributed by atoms with van der Waals surface area (Å²) >= 11 is 0. The number of carbonyl (C=O) groups excluding carboxylic acids is 1. The summed E-state index contributed by atoms with van der Waals surface area (Å²) < 4.78 is 11.1. The minimum Gasteiger partial charge on any atom is -0.462 e. The van der Waals surface area contributed by atoms with Gasteiger partial charge in [0.05, 0.1) is 6.61 Å². The number of hydrogen-bond donors (Lipinski definition) is 1. The minimum absolute atomic E-state index is 0.0162. The zero-order valence-corrected chi connectivity index (χ0v) is 19.7. The Labute approximate surface area is 191 Å². The van der Waals surface area contributed by atoms with Crippen LogP contribution >= 0.6 is 0 Å². The van der Waals surface area contributed by atoms with Gasteiger partial charge in [-0.1, -0.05) is 68.5 Å². The van der Waals surface area contributed by atoms with Gasteiger partial charge in [0.1, 0.15) is 11.2 Å². The first-order valence-electron chi connectivity index (χ1n) is 11.3. The van der Waals surface area contributed by atoms with Gasteiger partial charge in [-0.05, 0) is 51.2 Å². The molecule has 1 aromatic heterocycles. The maximum atomic E-state index is 11.5. The molecule has 1 aromatic carbocycles. The second-order valence-corrected chi connectivity index (χ2v) is 8.35. The standard InChI is InChI=1S/C28H36O4/c1-6-24-13-9-10-14-26(24)27-17-25(22(5)32-27)16-15-21(4)11-7-8-12-23(18-29)19-31-28(30)20(2)3/h9-10,13-17,23,29H,2,5-8,11-12,18-19H2,1,3-4H3/b21-15+,25-16-. The number of aliphatic hydroxyl groups excluding tert-OH is 1. The summed E-state index contributed by atoms with van der Waals surface area (Å²) in [4.78, 5) is 11.5. The third kappa shape index (κ3) is 7.69. The van der Waals surface area contributed by atoms with Crippen LogP contribution in [0.1, 0.15) is 52.0 Å². The number of carbonyl (C=O) groups is 1. The zero-order valence-electron chi connectivity index (χ0n) is 19.7. The molecule has 0 radical (unpaired) electrons. The first-order valence-corrected chi connectivity index (χ1v) is 11.3. The van der Waals surface area contributed by atoms with Crippen LogP contribution < -0.4 is 10.6 Å². The van der Waals surface area contributed by atoms with Crippen molar-refractivity contribution >= 4 is 18.6 Å². The Hall–Kier alpha value is -2.85. The number of hydrogen-bond acceptors (Lipinski definition) is 4. The van der Waals surface area contributed by atoms with Gasteiger partial charge in [-0.2, -0.15) is 0 Å². The molecule has 4 nitrogen and oxygen atoms in total. The van der Waals surface area contributed by atoms with Crippen LogP contribution in [-0.2, 0) is 16.0 Å². The van der Waals surface area contributed by atoms with Gasteiger partial charge >= 0.3 is 5.97 Å². The summed E-state index contributed by atoms with van der Waals surface area (Å²) in [7, 11) is 0. The van der Waals surface area contributed by atoms with Crippen molar-refractivity contribution in [2.24, 2.45) is 5.92 Å². The average molecular weight is 437 g/mol. The molecule has 4 heteroatoms. The Morgan fingerprint density at radius 3 is 2.69 bits per heavy atom. The molecule has 1 N–H and O–H groups in total. The van der Waals surface area contributed by atoms with Crippen LogP contribution in [0.3, 0.4) is 0 Å². The van der Waals surface area contributed by atoms with Crippen molar-refractivity contribution in [1.29, 1.82) is 0 Å². The summed E-state index contributed by atoms with van der Waals surface area (Å²) in [6.45, 7) is 13.8. The predicted octanol–water partition coefficient (Wildman–Crippen LogP) is 4.93. The van der Waals surface area contributed by atoms with Crippen LogP contribution in [0.2, 0.25) is 0 Å². The quantitative estimate of drug-likeness (QED) is 0.291. The third-order valence-electron chi connectivity index (χ3n) is 5.54. The van der Waals surface area contributed by atoms with E-state index in [0.29, 0.717) is 11.0 Å². The molecule has 0 spiro atoms. The second-order valence-electron chi connectivity index (χ2n) is 8.35. The molecule has 0 amide bonds. The topological polar surface area (TPSA) is 59.7 Å². The van der Waals surface area contributed by atoms with E-state index in [-0.39, 0.29) is 19.1 Å². The smallest absolute Gasteiger partial charge is 0.333 e. The predicted molar refractivity (Wildman–Crippen MR) is 131 cm³/mol. The number of furan rings is 1. The molecular weight excluding hydrogens is 400 g/mol. The van der Waals surface area contributed by atoms with E-state index in [1.807, 2.05) is 12.1 Å². The summed E-state index contributed by atoms with van der Waals surface area (Å²) in [6.07, 6.45) is 8.90. The molecule has 0 aliphatic carbocycles. The van der Waals surface area contributed by atoms with E-state index < -0.39 is 5.97 Å². The monoisotopic (exact) mass is 436 g/mol. The maximum absolute atomic E-state index is 11.5. The molecule has 1 unspecified atom stereocenters. The van der Waals surface area contributed by atoms with Crippen molar-refractivity contribution in [3.05, 3.63) is 70.3 Å². The fraction of sp³-hybridized carbons (Fsp3) is 0.393. The largest absolute Gasteiger partial charge is 0.462 e. The Morgan fingerprint density at radius 2 is 2.00 bits per heavy atom. The lowest BCUT2D eigenvalue weighted by atomic mass is 10.0. The van der Waals surface area contributed by atoms with Gasteiger partial charge in [0.2, 0.25) is 0 Å². The summed E-state index contributed by atoms with van der Waals surface area (Å²) in [6, 6.07) is 10.3. The van der Waals surface area contributed by atoms with E-state index in [0.717, 1.165) is 48.6 Å². The first kappa shape index (κ1) is 25.4. The lowest BCUT2D eigenvalue weighted by molar-refractivity contribution is -0.140. The van der Waals surface area contributed by atoms with E-state index in [1.54, 1.807) is 6.92 Å². The molecule has 0 saturated heterocycles. The van der Waals surface area contributed by atoms with Gasteiger partial charge < -0.3 is 14.3 Å². The average Bonchev–Trinajstić information content (AvgIpc) is 3.17. The van der Waals surface area contributed by atoms with Crippen molar-refractivity contribution in [2.45, 2.75) is 52.9 Å². The van der Waals surface area contributed by atoms with E-state index in [4.69, 9.17) is 9.15 Å². The van der Waals surface area contributed by atoms with E-state index in [2.05, 4.69) is 57.4 Å². The molecule has 0 bridgehead atoms. The van der Waals surface area contributed by atoms with Crippen LogP contribution in [0.25, 0.3) is 24.0 Å². The Bertz CT molecular complexity index is 1040. The lowest BCUT2D eigenvalue weighted by Gasteiger charge is -2.14. The summed E-state index contributed by atoms with van der Waals surface area (Å²) in [5.41, 5.74) is 4.70. The highest BCUT2D eigenvalue weighted by atomic mass is 16.5. The van der Waals surface area contributed by atoms with Crippen LogP contribution in [0.4, 0.5) is 0 Å². The van der Waals surface area contributed by atoms with Crippen LogP contribution in [0.15, 0.2) is 58.6 Å². The Balaban J connectivity index is 1.90. The number of esters is 1. The number of ether oxygens (including phenoxy) is 1. The highest BCUT2D eigenvalue weighted by Gasteiger charge is 2.11. The number of allylic oxidation sites excluding steroid dienone is 2. The molecule has 0 aliphatic heterocycles. The number of rotatable bonds is 12. The summed E-state index contributed by atoms with van der Waals surface area (Å²) in [5.74, 6) is 0.425. The van der Waals surface area contributed by atoms with Crippen molar-refractivity contribution < 1.29 is 19.1 Å². The normalized spacial score (nSPS) is 13.2. The van der Waals surface area contributed by atoms with Crippen molar-refractivity contribution in [2.75, 3.05) is 13.2 Å². The second kappa shape index (κ2) is 12.9. The van der Waals surface area contributed by atoms with Gasteiger partial charge in [-0.15, -0.1) is 0 Å².